The van der Waals surface area contributed by atoms with Gasteiger partial charge in [0.05, 0.1) is 20.3 Å². The minimum atomic E-state index is -0.489. The fourth-order valence-electron chi connectivity index (χ4n) is 1.60. The van der Waals surface area contributed by atoms with E-state index in [1.165, 1.54) is 0 Å². The van der Waals surface area contributed by atoms with Crippen molar-refractivity contribution in [1.29, 1.82) is 0 Å². The van der Waals surface area contributed by atoms with Gasteiger partial charge >= 0.3 is 0 Å². The van der Waals surface area contributed by atoms with Crippen molar-refractivity contribution in [2.75, 3.05) is 20.8 Å². The molecule has 4 nitrogen and oxygen atoms in total. The van der Waals surface area contributed by atoms with Crippen LogP contribution in [-0.2, 0) is 0 Å². The second-order valence-electron chi connectivity index (χ2n) is 4.35. The highest BCUT2D eigenvalue weighted by molar-refractivity contribution is 5.43. The number of aliphatic hydroxyl groups is 1. The van der Waals surface area contributed by atoms with Gasteiger partial charge in [0.2, 0.25) is 0 Å². The van der Waals surface area contributed by atoms with E-state index in [1.54, 1.807) is 14.2 Å². The largest absolute Gasteiger partial charge is 0.493 e. The molecule has 0 aromatic heterocycles. The van der Waals surface area contributed by atoms with E-state index in [0.717, 1.165) is 5.56 Å². The van der Waals surface area contributed by atoms with E-state index >= 15 is 0 Å². The Kier molecular flexibility index (Phi) is 5.25. The summed E-state index contributed by atoms with van der Waals surface area (Å²) in [6.07, 6.45) is -0.489. The molecule has 1 unspecified atom stereocenters. The molecule has 0 saturated heterocycles. The molecular formula is C13H22NO3+. The molecule has 0 radical (unpaired) electrons. The Bertz CT molecular complexity index is 353. The number of methoxy groups -OCH3 is 2. The second-order valence-corrected chi connectivity index (χ2v) is 4.35. The molecule has 0 heterocycles. The van der Waals surface area contributed by atoms with Crippen molar-refractivity contribution in [2.45, 2.75) is 26.0 Å². The van der Waals surface area contributed by atoms with E-state index in [9.17, 15) is 5.11 Å². The zero-order chi connectivity index (χ0) is 12.8. The molecule has 0 spiro atoms. The van der Waals surface area contributed by atoms with Crippen LogP contribution in [0.15, 0.2) is 18.2 Å². The Hall–Kier alpha value is -1.26. The van der Waals surface area contributed by atoms with Gasteiger partial charge in [-0.2, -0.15) is 0 Å². The van der Waals surface area contributed by atoms with Gasteiger partial charge in [-0.15, -0.1) is 0 Å². The summed E-state index contributed by atoms with van der Waals surface area (Å²) in [4.78, 5) is 0. The van der Waals surface area contributed by atoms with Crippen LogP contribution >= 0.6 is 0 Å². The molecule has 1 rings (SSSR count). The minimum absolute atomic E-state index is 0.477. The van der Waals surface area contributed by atoms with Crippen LogP contribution in [-0.4, -0.2) is 31.9 Å². The summed E-state index contributed by atoms with van der Waals surface area (Å²) in [5, 5.41) is 12.1. The lowest BCUT2D eigenvalue weighted by atomic mass is 10.1. The number of rotatable bonds is 6. The van der Waals surface area contributed by atoms with Crippen LogP contribution in [0.4, 0.5) is 0 Å². The fourth-order valence-corrected chi connectivity index (χ4v) is 1.60. The lowest BCUT2D eigenvalue weighted by Gasteiger charge is -2.14. The normalized spacial score (nSPS) is 12.6. The van der Waals surface area contributed by atoms with Gasteiger partial charge in [0.1, 0.15) is 12.6 Å². The Morgan fingerprint density at radius 2 is 1.82 bits per heavy atom. The van der Waals surface area contributed by atoms with Crippen molar-refractivity contribution in [2.24, 2.45) is 0 Å². The molecule has 3 N–H and O–H groups in total. The van der Waals surface area contributed by atoms with Crippen molar-refractivity contribution in [3.8, 4) is 11.5 Å². The van der Waals surface area contributed by atoms with E-state index in [4.69, 9.17) is 9.47 Å². The molecule has 4 heteroatoms. The molecule has 0 fully saturated rings. The van der Waals surface area contributed by atoms with Crippen molar-refractivity contribution < 1.29 is 19.9 Å². The lowest BCUT2D eigenvalue weighted by Crippen LogP contribution is -2.89. The maximum atomic E-state index is 10.0. The van der Waals surface area contributed by atoms with E-state index in [2.05, 4.69) is 19.2 Å². The molecule has 96 valence electrons. The van der Waals surface area contributed by atoms with Crippen molar-refractivity contribution in [1.82, 2.24) is 0 Å². The Balaban J connectivity index is 2.77. The van der Waals surface area contributed by atoms with E-state index in [1.807, 2.05) is 18.2 Å². The van der Waals surface area contributed by atoms with Gasteiger partial charge in [-0.1, -0.05) is 6.07 Å². The SMILES string of the molecule is COc1ccc(C(O)C[NH2+]C(C)C)cc1OC. The number of ether oxygens (including phenoxy) is 2. The predicted octanol–water partition coefficient (Wildman–Crippen LogP) is 0.709. The molecular weight excluding hydrogens is 218 g/mol. The highest BCUT2D eigenvalue weighted by Crippen LogP contribution is 2.29. The van der Waals surface area contributed by atoms with Crippen molar-refractivity contribution >= 4 is 0 Å². The maximum absolute atomic E-state index is 10.0. The maximum Gasteiger partial charge on any atom is 0.161 e. The Morgan fingerprint density at radius 3 is 2.35 bits per heavy atom. The van der Waals surface area contributed by atoms with Crippen LogP contribution in [0, 0.1) is 0 Å². The third-order valence-electron chi connectivity index (χ3n) is 2.62. The highest BCUT2D eigenvalue weighted by atomic mass is 16.5. The van der Waals surface area contributed by atoms with Crippen LogP contribution < -0.4 is 14.8 Å². The monoisotopic (exact) mass is 240 g/mol. The first kappa shape index (κ1) is 13.8. The fraction of sp³-hybridized carbons (Fsp3) is 0.538. The summed E-state index contributed by atoms with van der Waals surface area (Å²) in [6.45, 7) is 4.84. The summed E-state index contributed by atoms with van der Waals surface area (Å²) in [5.41, 5.74) is 0.847. The second kappa shape index (κ2) is 6.47. The quantitative estimate of drug-likeness (QED) is 0.770. The van der Waals surface area contributed by atoms with Gasteiger partial charge in [-0.25, -0.2) is 0 Å². The molecule has 1 aromatic rings. The number of quaternary nitrogens is 1. The van der Waals surface area contributed by atoms with Crippen LogP contribution in [0.5, 0.6) is 11.5 Å². The molecule has 17 heavy (non-hydrogen) atoms. The van der Waals surface area contributed by atoms with Gasteiger partial charge in [-0.3, -0.25) is 0 Å². The predicted molar refractivity (Wildman–Crippen MR) is 66.4 cm³/mol. The van der Waals surface area contributed by atoms with Gasteiger partial charge in [0.15, 0.2) is 11.5 Å². The number of hydrogen-bond donors (Lipinski definition) is 2. The molecule has 0 aliphatic rings. The zero-order valence-electron chi connectivity index (χ0n) is 10.9. The van der Waals surface area contributed by atoms with Gasteiger partial charge in [0, 0.05) is 0 Å². The third-order valence-corrected chi connectivity index (χ3v) is 2.62. The third kappa shape index (κ3) is 3.91. The van der Waals surface area contributed by atoms with Gasteiger partial charge < -0.3 is 19.9 Å². The zero-order valence-corrected chi connectivity index (χ0v) is 10.9. The lowest BCUT2D eigenvalue weighted by molar-refractivity contribution is -0.689. The van der Waals surface area contributed by atoms with Crippen LogP contribution in [0.1, 0.15) is 25.5 Å². The summed E-state index contributed by atoms with van der Waals surface area (Å²) in [7, 11) is 3.19. The summed E-state index contributed by atoms with van der Waals surface area (Å²) in [6, 6.07) is 5.97. The molecule has 1 aromatic carbocycles. The number of nitrogens with two attached hydrogens (primary N) is 1. The molecule has 1 atom stereocenters. The Labute approximate surface area is 103 Å². The highest BCUT2D eigenvalue weighted by Gasteiger charge is 2.13. The topological polar surface area (TPSA) is 55.3 Å². The van der Waals surface area contributed by atoms with Crippen LogP contribution in [0.2, 0.25) is 0 Å². The van der Waals surface area contributed by atoms with Crippen molar-refractivity contribution in [3.63, 3.8) is 0 Å². The van der Waals surface area contributed by atoms with Crippen molar-refractivity contribution in [3.05, 3.63) is 23.8 Å². The van der Waals surface area contributed by atoms with Gasteiger partial charge in [0.25, 0.3) is 0 Å². The standard InChI is InChI=1S/C13H21NO3/c1-9(2)14-8-11(15)10-5-6-12(16-3)13(7-10)17-4/h5-7,9,11,14-15H,8H2,1-4H3/p+1. The first-order valence-corrected chi connectivity index (χ1v) is 5.81. The first-order valence-electron chi connectivity index (χ1n) is 5.81. The van der Waals surface area contributed by atoms with Gasteiger partial charge in [-0.05, 0) is 31.5 Å². The van der Waals surface area contributed by atoms with E-state index < -0.39 is 6.10 Å². The smallest absolute Gasteiger partial charge is 0.161 e. The van der Waals surface area contributed by atoms with E-state index in [0.29, 0.717) is 24.1 Å². The molecule has 0 amide bonds. The average Bonchev–Trinajstić information content (AvgIpc) is 2.34. The first-order chi connectivity index (χ1) is 8.08. The summed E-state index contributed by atoms with van der Waals surface area (Å²) in [5.74, 6) is 1.32. The molecule has 0 saturated carbocycles. The number of aliphatic hydroxyl groups excluding tert-OH is 1. The number of hydrogen-bond acceptors (Lipinski definition) is 3. The summed E-state index contributed by atoms with van der Waals surface area (Å²) >= 11 is 0. The minimum Gasteiger partial charge on any atom is -0.493 e. The van der Waals surface area contributed by atoms with Crippen LogP contribution in [0.3, 0.4) is 0 Å². The average molecular weight is 240 g/mol. The summed E-state index contributed by atoms with van der Waals surface area (Å²) < 4.78 is 10.4. The molecule has 0 aliphatic carbocycles. The number of benzene rings is 1. The molecule has 0 bridgehead atoms. The van der Waals surface area contributed by atoms with E-state index in [-0.39, 0.29) is 0 Å². The Morgan fingerprint density at radius 1 is 1.18 bits per heavy atom. The van der Waals surface area contributed by atoms with Crippen LogP contribution in [0.25, 0.3) is 0 Å². The molecule has 0 aliphatic heterocycles.